The second kappa shape index (κ2) is 6.01. The molecule has 2 rings (SSSR count). The highest BCUT2D eigenvalue weighted by Crippen LogP contribution is 2.03. The van der Waals surface area contributed by atoms with E-state index >= 15 is 0 Å². The average molecular weight is 196 g/mol. The second-order valence-electron chi connectivity index (χ2n) is 2.56. The Balaban J connectivity index is 0.000000187. The summed E-state index contributed by atoms with van der Waals surface area (Å²) >= 11 is 0. The van der Waals surface area contributed by atoms with Crippen LogP contribution in [0.5, 0.6) is 0 Å². The summed E-state index contributed by atoms with van der Waals surface area (Å²) in [7, 11) is 0. The van der Waals surface area contributed by atoms with Crippen LogP contribution in [0, 0.1) is 22.7 Å². The fraction of sp³-hybridized carbons (Fsp3) is 0. The lowest BCUT2D eigenvalue weighted by Crippen LogP contribution is -1.79. The van der Waals surface area contributed by atoms with Crippen molar-refractivity contribution in [1.29, 1.82) is 10.5 Å². The van der Waals surface area contributed by atoms with Gasteiger partial charge in [0.1, 0.15) is 12.1 Å². The molecule has 0 aliphatic carbocycles. The standard InChI is InChI=1S/C8H4N2.C4H4O/c9-5-7-3-1-2-4-8(7)6-10;1-2-4-5-3-1/h1-4H;1-4H. The Labute approximate surface area is 87.8 Å². The van der Waals surface area contributed by atoms with Crippen LogP contribution in [0.2, 0.25) is 0 Å². The van der Waals surface area contributed by atoms with Gasteiger partial charge >= 0.3 is 0 Å². The van der Waals surface area contributed by atoms with Gasteiger partial charge in [-0.15, -0.1) is 0 Å². The first-order valence-corrected chi connectivity index (χ1v) is 4.25. The minimum Gasteiger partial charge on any atom is -0.473 e. The maximum atomic E-state index is 8.45. The van der Waals surface area contributed by atoms with Gasteiger partial charge in [-0.1, -0.05) is 12.1 Å². The van der Waals surface area contributed by atoms with Crippen molar-refractivity contribution in [3.63, 3.8) is 0 Å². The van der Waals surface area contributed by atoms with Gasteiger partial charge < -0.3 is 4.42 Å². The maximum Gasteiger partial charge on any atom is 0.101 e. The van der Waals surface area contributed by atoms with Crippen LogP contribution >= 0.6 is 0 Å². The third kappa shape index (κ3) is 3.38. The number of nitriles is 2. The van der Waals surface area contributed by atoms with Crippen LogP contribution < -0.4 is 0 Å². The molecule has 0 aliphatic rings. The normalized spacial score (nSPS) is 7.87. The number of rotatable bonds is 0. The molecule has 72 valence electrons. The number of benzene rings is 1. The largest absolute Gasteiger partial charge is 0.473 e. The maximum absolute atomic E-state index is 8.45. The Hall–Kier alpha value is -2.52. The van der Waals surface area contributed by atoms with Gasteiger partial charge in [0.25, 0.3) is 0 Å². The van der Waals surface area contributed by atoms with Crippen LogP contribution in [0.4, 0.5) is 0 Å². The molecule has 0 radical (unpaired) electrons. The molecule has 3 nitrogen and oxygen atoms in total. The number of nitrogens with zero attached hydrogens (tertiary/aromatic N) is 2. The molecule has 0 N–H and O–H groups in total. The van der Waals surface area contributed by atoms with Gasteiger partial charge in [0.15, 0.2) is 0 Å². The summed E-state index contributed by atoms with van der Waals surface area (Å²) in [4.78, 5) is 0. The quantitative estimate of drug-likeness (QED) is 0.650. The molecule has 15 heavy (non-hydrogen) atoms. The van der Waals surface area contributed by atoms with E-state index in [9.17, 15) is 0 Å². The predicted octanol–water partition coefficient (Wildman–Crippen LogP) is 2.71. The predicted molar refractivity (Wildman–Crippen MR) is 54.6 cm³/mol. The second-order valence-corrected chi connectivity index (χ2v) is 2.56. The fourth-order valence-electron chi connectivity index (χ4n) is 0.905. The van der Waals surface area contributed by atoms with Gasteiger partial charge in [-0.2, -0.15) is 10.5 Å². The van der Waals surface area contributed by atoms with Crippen LogP contribution in [0.25, 0.3) is 0 Å². The summed E-state index contributed by atoms with van der Waals surface area (Å²) in [5, 5.41) is 16.9. The molecule has 1 heterocycles. The first-order valence-electron chi connectivity index (χ1n) is 4.25. The van der Waals surface area contributed by atoms with Gasteiger partial charge in [-0.05, 0) is 24.3 Å². The third-order valence-electron chi connectivity index (χ3n) is 1.59. The SMILES string of the molecule is N#Cc1ccccc1C#N.c1ccoc1. The lowest BCUT2D eigenvalue weighted by atomic mass is 10.1. The van der Waals surface area contributed by atoms with Crippen molar-refractivity contribution in [2.75, 3.05) is 0 Å². The Morgan fingerprint density at radius 1 is 0.800 bits per heavy atom. The molecule has 1 aromatic heterocycles. The van der Waals surface area contributed by atoms with E-state index < -0.39 is 0 Å². The van der Waals surface area contributed by atoms with E-state index in [1.165, 1.54) is 0 Å². The van der Waals surface area contributed by atoms with E-state index in [4.69, 9.17) is 10.5 Å². The van der Waals surface area contributed by atoms with Gasteiger partial charge in [-0.3, -0.25) is 0 Å². The topological polar surface area (TPSA) is 60.7 Å². The molecule has 0 aliphatic heterocycles. The Morgan fingerprint density at radius 3 is 1.53 bits per heavy atom. The summed E-state index contributed by atoms with van der Waals surface area (Å²) in [5.41, 5.74) is 0.870. The Bertz CT molecular complexity index is 425. The lowest BCUT2D eigenvalue weighted by Gasteiger charge is -1.88. The molecule has 0 saturated heterocycles. The zero-order valence-electron chi connectivity index (χ0n) is 7.92. The van der Waals surface area contributed by atoms with Crippen molar-refractivity contribution in [3.8, 4) is 12.1 Å². The highest BCUT2D eigenvalue weighted by molar-refractivity contribution is 5.44. The van der Waals surface area contributed by atoms with Gasteiger partial charge in [-0.25, -0.2) is 0 Å². The molecule has 0 fully saturated rings. The van der Waals surface area contributed by atoms with Crippen LogP contribution in [-0.4, -0.2) is 0 Å². The molecule has 3 heteroatoms. The monoisotopic (exact) mass is 196 g/mol. The van der Waals surface area contributed by atoms with Crippen molar-refractivity contribution in [2.45, 2.75) is 0 Å². The molecule has 0 unspecified atom stereocenters. The molecule has 0 spiro atoms. The van der Waals surface area contributed by atoms with E-state index in [0.717, 1.165) is 0 Å². The molecule has 0 bridgehead atoms. The van der Waals surface area contributed by atoms with Gasteiger partial charge in [0.05, 0.1) is 23.7 Å². The summed E-state index contributed by atoms with van der Waals surface area (Å²) in [5.74, 6) is 0. The minimum atomic E-state index is 0.435. The molecule has 2 aromatic rings. The molecule has 1 aromatic carbocycles. The Morgan fingerprint density at radius 2 is 1.27 bits per heavy atom. The van der Waals surface area contributed by atoms with Crippen LogP contribution in [-0.2, 0) is 0 Å². The van der Waals surface area contributed by atoms with Crippen molar-refractivity contribution < 1.29 is 4.42 Å². The average Bonchev–Trinajstić information content (AvgIpc) is 2.87. The zero-order valence-corrected chi connectivity index (χ0v) is 7.92. The van der Waals surface area contributed by atoms with Crippen LogP contribution in [0.1, 0.15) is 11.1 Å². The number of furan rings is 1. The van der Waals surface area contributed by atoms with Crippen molar-refractivity contribution >= 4 is 0 Å². The zero-order chi connectivity index (χ0) is 10.9. The molecule has 0 saturated carbocycles. The van der Waals surface area contributed by atoms with E-state index in [0.29, 0.717) is 11.1 Å². The molecular formula is C12H8N2O. The van der Waals surface area contributed by atoms with Crippen LogP contribution in [0.3, 0.4) is 0 Å². The smallest absolute Gasteiger partial charge is 0.101 e. The fourth-order valence-corrected chi connectivity index (χ4v) is 0.905. The molecular weight excluding hydrogens is 188 g/mol. The first kappa shape index (κ1) is 10.6. The third-order valence-corrected chi connectivity index (χ3v) is 1.59. The summed E-state index contributed by atoms with van der Waals surface area (Å²) in [6, 6.07) is 14.2. The van der Waals surface area contributed by atoms with Crippen molar-refractivity contribution in [1.82, 2.24) is 0 Å². The highest BCUT2D eigenvalue weighted by Gasteiger charge is 1.95. The van der Waals surface area contributed by atoms with E-state index in [1.54, 1.807) is 36.8 Å². The highest BCUT2D eigenvalue weighted by atomic mass is 16.3. The Kier molecular flexibility index (Phi) is 4.23. The lowest BCUT2D eigenvalue weighted by molar-refractivity contribution is 0.567. The number of hydrogen-bond acceptors (Lipinski definition) is 3. The van der Waals surface area contributed by atoms with E-state index in [1.807, 2.05) is 24.3 Å². The first-order chi connectivity index (χ1) is 7.38. The van der Waals surface area contributed by atoms with Gasteiger partial charge in [0, 0.05) is 0 Å². The van der Waals surface area contributed by atoms with Crippen LogP contribution in [0.15, 0.2) is 53.3 Å². The summed E-state index contributed by atoms with van der Waals surface area (Å²) in [6.45, 7) is 0. The van der Waals surface area contributed by atoms with E-state index in [-0.39, 0.29) is 0 Å². The van der Waals surface area contributed by atoms with Gasteiger partial charge in [0.2, 0.25) is 0 Å². The molecule has 0 amide bonds. The molecule has 0 atom stereocenters. The summed E-state index contributed by atoms with van der Waals surface area (Å²) < 4.78 is 4.58. The summed E-state index contributed by atoms with van der Waals surface area (Å²) in [6.07, 6.45) is 3.25. The number of hydrogen-bond donors (Lipinski definition) is 0. The van der Waals surface area contributed by atoms with Crippen molar-refractivity contribution in [3.05, 3.63) is 60.1 Å². The van der Waals surface area contributed by atoms with E-state index in [2.05, 4.69) is 4.42 Å². The minimum absolute atomic E-state index is 0.435. The van der Waals surface area contributed by atoms with Crippen molar-refractivity contribution in [2.24, 2.45) is 0 Å².